The molecular formula is C19H22N4O3. The van der Waals surface area contributed by atoms with Crippen LogP contribution in [0.5, 0.6) is 0 Å². The Hall–Kier alpha value is -2.51. The van der Waals surface area contributed by atoms with Crippen LogP contribution in [0.15, 0.2) is 42.9 Å². The van der Waals surface area contributed by atoms with E-state index in [4.69, 9.17) is 9.47 Å². The first-order chi connectivity index (χ1) is 12.7. The van der Waals surface area contributed by atoms with E-state index in [1.165, 1.54) is 0 Å². The summed E-state index contributed by atoms with van der Waals surface area (Å²) in [5, 5.41) is 3.24. The molecule has 26 heavy (non-hydrogen) atoms. The van der Waals surface area contributed by atoms with Crippen LogP contribution in [-0.4, -0.2) is 52.9 Å². The zero-order chi connectivity index (χ0) is 17.8. The Morgan fingerprint density at radius 3 is 2.50 bits per heavy atom. The largest absolute Gasteiger partial charge is 0.366 e. The van der Waals surface area contributed by atoms with E-state index in [2.05, 4.69) is 15.3 Å². The fourth-order valence-electron chi connectivity index (χ4n) is 3.34. The van der Waals surface area contributed by atoms with Crippen molar-refractivity contribution >= 4 is 11.7 Å². The van der Waals surface area contributed by atoms with Crippen molar-refractivity contribution in [3.05, 3.63) is 54.0 Å². The molecule has 4 heterocycles. The van der Waals surface area contributed by atoms with Gasteiger partial charge in [-0.2, -0.15) is 0 Å². The number of hydrogen-bond donors (Lipinski definition) is 1. The van der Waals surface area contributed by atoms with Gasteiger partial charge in [0, 0.05) is 51.1 Å². The number of hydrogen-bond acceptors (Lipinski definition) is 6. The normalized spacial score (nSPS) is 18.8. The summed E-state index contributed by atoms with van der Waals surface area (Å²) in [7, 11) is 0. The number of likely N-dealkylation sites (tertiary alicyclic amines) is 1. The van der Waals surface area contributed by atoms with Gasteiger partial charge < -0.3 is 19.7 Å². The van der Waals surface area contributed by atoms with Gasteiger partial charge in [0.25, 0.3) is 5.91 Å². The highest BCUT2D eigenvalue weighted by atomic mass is 16.7. The Balaban J connectivity index is 1.32. The minimum Gasteiger partial charge on any atom is -0.366 e. The van der Waals surface area contributed by atoms with E-state index >= 15 is 0 Å². The molecule has 4 rings (SSSR count). The highest BCUT2D eigenvalue weighted by Crippen LogP contribution is 2.31. The Labute approximate surface area is 152 Å². The monoisotopic (exact) mass is 354 g/mol. The topological polar surface area (TPSA) is 76.6 Å². The van der Waals surface area contributed by atoms with Crippen molar-refractivity contribution in [1.82, 2.24) is 14.9 Å². The Morgan fingerprint density at radius 2 is 1.85 bits per heavy atom. The van der Waals surface area contributed by atoms with Crippen molar-refractivity contribution in [2.24, 2.45) is 0 Å². The molecular weight excluding hydrogens is 332 g/mol. The van der Waals surface area contributed by atoms with Gasteiger partial charge in [0.1, 0.15) is 5.82 Å². The molecule has 0 bridgehead atoms. The molecule has 0 unspecified atom stereocenters. The van der Waals surface area contributed by atoms with E-state index in [0.29, 0.717) is 38.4 Å². The predicted molar refractivity (Wildman–Crippen MR) is 95.6 cm³/mol. The summed E-state index contributed by atoms with van der Waals surface area (Å²) in [4.78, 5) is 22.9. The van der Waals surface area contributed by atoms with Crippen LogP contribution in [0, 0.1) is 0 Å². The lowest BCUT2D eigenvalue weighted by molar-refractivity contribution is -0.181. The van der Waals surface area contributed by atoms with Crippen LogP contribution in [0.3, 0.4) is 0 Å². The third kappa shape index (κ3) is 3.68. The van der Waals surface area contributed by atoms with Crippen LogP contribution < -0.4 is 5.32 Å². The number of rotatable bonds is 4. The van der Waals surface area contributed by atoms with Gasteiger partial charge in [-0.3, -0.25) is 9.78 Å². The van der Waals surface area contributed by atoms with Crippen molar-refractivity contribution in [3.8, 4) is 0 Å². The number of carbonyl (C=O) groups is 1. The van der Waals surface area contributed by atoms with E-state index in [1.54, 1.807) is 18.6 Å². The second-order valence-corrected chi connectivity index (χ2v) is 6.54. The van der Waals surface area contributed by atoms with E-state index in [9.17, 15) is 4.79 Å². The van der Waals surface area contributed by atoms with E-state index in [0.717, 1.165) is 24.2 Å². The van der Waals surface area contributed by atoms with Crippen LogP contribution in [0.25, 0.3) is 0 Å². The number of amides is 1. The van der Waals surface area contributed by atoms with Crippen molar-refractivity contribution in [2.75, 3.05) is 31.6 Å². The number of carbonyl (C=O) groups excluding carboxylic acids is 1. The van der Waals surface area contributed by atoms with E-state index in [1.807, 2.05) is 29.2 Å². The maximum atomic E-state index is 12.7. The smallest absolute Gasteiger partial charge is 0.255 e. The minimum absolute atomic E-state index is 0.00558. The minimum atomic E-state index is -0.463. The first-order valence-electron chi connectivity index (χ1n) is 8.90. The lowest BCUT2D eigenvalue weighted by Crippen LogP contribution is -2.47. The van der Waals surface area contributed by atoms with Gasteiger partial charge in [-0.25, -0.2) is 4.98 Å². The highest BCUT2D eigenvalue weighted by molar-refractivity contribution is 5.94. The molecule has 2 fully saturated rings. The van der Waals surface area contributed by atoms with Crippen LogP contribution in [0.1, 0.15) is 28.8 Å². The summed E-state index contributed by atoms with van der Waals surface area (Å²) in [6.07, 6.45) is 6.59. The average molecular weight is 354 g/mol. The number of nitrogens with one attached hydrogen (secondary N) is 1. The Morgan fingerprint density at radius 1 is 1.12 bits per heavy atom. The second kappa shape index (κ2) is 7.39. The van der Waals surface area contributed by atoms with Crippen LogP contribution in [-0.2, 0) is 16.0 Å². The summed E-state index contributed by atoms with van der Waals surface area (Å²) >= 11 is 0. The molecule has 2 aromatic rings. The number of anilines is 1. The summed E-state index contributed by atoms with van der Waals surface area (Å²) in [5.74, 6) is 0.283. The van der Waals surface area contributed by atoms with Gasteiger partial charge in [-0.05, 0) is 29.8 Å². The quantitative estimate of drug-likeness (QED) is 0.906. The fraction of sp³-hybridized carbons (Fsp3) is 0.421. The maximum Gasteiger partial charge on any atom is 0.255 e. The van der Waals surface area contributed by atoms with Crippen LogP contribution in [0.4, 0.5) is 5.82 Å². The molecule has 136 valence electrons. The molecule has 0 atom stereocenters. The molecule has 0 radical (unpaired) electrons. The molecule has 2 aliphatic rings. The van der Waals surface area contributed by atoms with Crippen molar-refractivity contribution in [1.29, 1.82) is 0 Å². The molecule has 1 amide bonds. The predicted octanol–water partition coefficient (Wildman–Crippen LogP) is 2.07. The zero-order valence-corrected chi connectivity index (χ0v) is 14.6. The summed E-state index contributed by atoms with van der Waals surface area (Å²) in [6.45, 7) is 3.23. The van der Waals surface area contributed by atoms with Crippen molar-refractivity contribution < 1.29 is 14.3 Å². The van der Waals surface area contributed by atoms with Gasteiger partial charge in [0.15, 0.2) is 5.79 Å². The van der Waals surface area contributed by atoms with Crippen molar-refractivity contribution in [3.63, 3.8) is 0 Å². The van der Waals surface area contributed by atoms with Crippen molar-refractivity contribution in [2.45, 2.75) is 25.2 Å². The summed E-state index contributed by atoms with van der Waals surface area (Å²) in [6, 6.07) is 7.55. The molecule has 0 aromatic carbocycles. The lowest BCUT2D eigenvalue weighted by atomic mass is 10.0. The van der Waals surface area contributed by atoms with Crippen LogP contribution in [0.2, 0.25) is 0 Å². The Bertz CT molecular complexity index is 735. The van der Waals surface area contributed by atoms with E-state index < -0.39 is 5.79 Å². The third-order valence-corrected chi connectivity index (χ3v) is 4.86. The number of aromatic nitrogens is 2. The summed E-state index contributed by atoms with van der Waals surface area (Å²) < 4.78 is 11.4. The standard InChI is InChI=1S/C19H22N4O3/c24-18(23-9-5-19(6-10-23)25-11-12-26-19)16-1-2-17(22-14-16)21-13-15-3-7-20-8-4-15/h1-4,7-8,14H,5-6,9-13H2,(H,21,22). The molecule has 7 nitrogen and oxygen atoms in total. The highest BCUT2D eigenvalue weighted by Gasteiger charge is 2.40. The average Bonchev–Trinajstić information content (AvgIpc) is 3.16. The first kappa shape index (κ1) is 16.9. The number of pyridine rings is 2. The zero-order valence-electron chi connectivity index (χ0n) is 14.6. The Kier molecular flexibility index (Phi) is 4.81. The van der Waals surface area contributed by atoms with Gasteiger partial charge in [0.05, 0.1) is 18.8 Å². The van der Waals surface area contributed by atoms with Gasteiger partial charge in [-0.15, -0.1) is 0 Å². The molecule has 2 aliphatic heterocycles. The third-order valence-electron chi connectivity index (χ3n) is 4.86. The van der Waals surface area contributed by atoms with Gasteiger partial charge in [0.2, 0.25) is 0 Å². The summed E-state index contributed by atoms with van der Waals surface area (Å²) in [5.41, 5.74) is 1.73. The van der Waals surface area contributed by atoms with Gasteiger partial charge >= 0.3 is 0 Å². The van der Waals surface area contributed by atoms with E-state index in [-0.39, 0.29) is 5.91 Å². The lowest BCUT2D eigenvalue weighted by Gasteiger charge is -2.37. The van der Waals surface area contributed by atoms with Gasteiger partial charge in [-0.1, -0.05) is 0 Å². The molecule has 7 heteroatoms. The first-order valence-corrected chi connectivity index (χ1v) is 8.90. The molecule has 2 saturated heterocycles. The fourth-order valence-corrected chi connectivity index (χ4v) is 3.34. The molecule has 0 saturated carbocycles. The maximum absolute atomic E-state index is 12.7. The van der Waals surface area contributed by atoms with Crippen LogP contribution >= 0.6 is 0 Å². The number of nitrogens with zero attached hydrogens (tertiary/aromatic N) is 3. The molecule has 1 spiro atoms. The molecule has 0 aliphatic carbocycles. The number of piperidine rings is 1. The second-order valence-electron chi connectivity index (χ2n) is 6.54. The SMILES string of the molecule is O=C(c1ccc(NCc2ccncc2)nc1)N1CCC2(CC1)OCCO2. The molecule has 2 aromatic heterocycles. The number of ether oxygens (including phenoxy) is 2. The molecule has 1 N–H and O–H groups in total.